The number of carbonyl (C=O) groups is 3. The van der Waals surface area contributed by atoms with Gasteiger partial charge in [-0.25, -0.2) is 10.2 Å². The van der Waals surface area contributed by atoms with Gasteiger partial charge < -0.3 is 14.8 Å². The third-order valence-electron chi connectivity index (χ3n) is 4.33. The number of aryl methyl sites for hydroxylation is 1. The highest BCUT2D eigenvalue weighted by molar-refractivity contribution is 9.10. The van der Waals surface area contributed by atoms with Crippen LogP contribution < -0.4 is 20.2 Å². The Balaban J connectivity index is 1.66. The normalized spacial score (nSPS) is 10.5. The van der Waals surface area contributed by atoms with Gasteiger partial charge in [0.2, 0.25) is 0 Å². The smallest absolute Gasteiger partial charge is 0.343 e. The van der Waals surface area contributed by atoms with Crippen molar-refractivity contribution in [3.05, 3.63) is 87.9 Å². The molecule has 2 amide bonds. The summed E-state index contributed by atoms with van der Waals surface area (Å²) in [5.41, 5.74) is 4.30. The second-order valence-electron chi connectivity index (χ2n) is 6.83. The van der Waals surface area contributed by atoms with Crippen LogP contribution in [0.15, 0.2) is 76.3 Å². The first-order chi connectivity index (χ1) is 15.9. The summed E-state index contributed by atoms with van der Waals surface area (Å²) in [5.74, 6) is -1.63. The maximum absolute atomic E-state index is 12.5. The van der Waals surface area contributed by atoms with Gasteiger partial charge in [-0.2, -0.15) is 5.10 Å². The van der Waals surface area contributed by atoms with Crippen molar-refractivity contribution in [2.24, 2.45) is 5.10 Å². The number of esters is 1. The molecule has 3 aromatic carbocycles. The topological polar surface area (TPSA) is 106 Å². The molecule has 0 unspecified atom stereocenters. The van der Waals surface area contributed by atoms with E-state index in [0.717, 1.165) is 5.56 Å². The van der Waals surface area contributed by atoms with E-state index in [9.17, 15) is 14.4 Å². The summed E-state index contributed by atoms with van der Waals surface area (Å²) in [6, 6.07) is 18.6. The van der Waals surface area contributed by atoms with Crippen LogP contribution in [0, 0.1) is 6.92 Å². The lowest BCUT2D eigenvalue weighted by atomic mass is 10.1. The van der Waals surface area contributed by atoms with E-state index < -0.39 is 17.8 Å². The molecule has 0 atom stereocenters. The predicted octanol–water partition coefficient (Wildman–Crippen LogP) is 4.07. The van der Waals surface area contributed by atoms with E-state index in [0.29, 0.717) is 27.0 Å². The largest absolute Gasteiger partial charge is 0.497 e. The number of hydrogen-bond acceptors (Lipinski definition) is 6. The van der Waals surface area contributed by atoms with E-state index in [1.165, 1.54) is 13.3 Å². The van der Waals surface area contributed by atoms with Crippen molar-refractivity contribution in [3.63, 3.8) is 0 Å². The van der Waals surface area contributed by atoms with E-state index in [4.69, 9.17) is 9.47 Å². The first-order valence-corrected chi connectivity index (χ1v) is 10.5. The monoisotopic (exact) mass is 509 g/mol. The van der Waals surface area contributed by atoms with Gasteiger partial charge >= 0.3 is 17.8 Å². The van der Waals surface area contributed by atoms with E-state index >= 15 is 0 Å². The van der Waals surface area contributed by atoms with Gasteiger partial charge in [0.15, 0.2) is 0 Å². The maximum atomic E-state index is 12.5. The van der Waals surface area contributed by atoms with Gasteiger partial charge in [0.1, 0.15) is 11.5 Å². The first kappa shape index (κ1) is 23.7. The Bertz CT molecular complexity index is 1230. The Morgan fingerprint density at radius 2 is 1.76 bits per heavy atom. The van der Waals surface area contributed by atoms with Gasteiger partial charge in [-0.3, -0.25) is 9.59 Å². The number of carbonyl (C=O) groups excluding carboxylic acids is 3. The molecular weight excluding hydrogens is 490 g/mol. The molecule has 3 aromatic rings. The van der Waals surface area contributed by atoms with Crippen molar-refractivity contribution in [2.75, 3.05) is 12.4 Å². The summed E-state index contributed by atoms with van der Waals surface area (Å²) in [6.45, 7) is 1.88. The van der Waals surface area contributed by atoms with Crippen molar-refractivity contribution in [1.29, 1.82) is 0 Å². The van der Waals surface area contributed by atoms with Crippen molar-refractivity contribution in [3.8, 4) is 11.5 Å². The summed E-state index contributed by atoms with van der Waals surface area (Å²) in [6.07, 6.45) is 1.28. The molecule has 0 aliphatic rings. The lowest BCUT2D eigenvalue weighted by Gasteiger charge is -2.08. The molecule has 0 heterocycles. The molecule has 0 radical (unpaired) electrons. The fourth-order valence-corrected chi connectivity index (χ4v) is 3.12. The summed E-state index contributed by atoms with van der Waals surface area (Å²) in [7, 11) is 1.50. The molecule has 8 nitrogen and oxygen atoms in total. The Hall–Kier alpha value is -3.98. The number of ether oxygens (including phenoxy) is 2. The molecule has 0 saturated heterocycles. The molecule has 33 heavy (non-hydrogen) atoms. The number of nitrogens with zero attached hydrogens (tertiary/aromatic N) is 1. The number of rotatable bonds is 6. The summed E-state index contributed by atoms with van der Waals surface area (Å²) >= 11 is 3.35. The van der Waals surface area contributed by atoms with Gasteiger partial charge in [-0.05, 0) is 49.4 Å². The van der Waals surface area contributed by atoms with Gasteiger partial charge in [0.25, 0.3) is 0 Å². The number of halogens is 1. The maximum Gasteiger partial charge on any atom is 0.343 e. The molecule has 0 spiro atoms. The van der Waals surface area contributed by atoms with E-state index in [2.05, 4.69) is 31.8 Å². The second kappa shape index (κ2) is 11.1. The molecule has 2 N–H and O–H groups in total. The van der Waals surface area contributed by atoms with Crippen LogP contribution in [0.3, 0.4) is 0 Å². The lowest BCUT2D eigenvalue weighted by Crippen LogP contribution is -2.32. The summed E-state index contributed by atoms with van der Waals surface area (Å²) in [4.78, 5) is 36.7. The number of nitrogens with one attached hydrogen (secondary N) is 2. The molecule has 0 fully saturated rings. The van der Waals surface area contributed by atoms with Crippen molar-refractivity contribution < 1.29 is 23.9 Å². The second-order valence-corrected chi connectivity index (χ2v) is 7.74. The van der Waals surface area contributed by atoms with Gasteiger partial charge in [-0.15, -0.1) is 0 Å². The average Bonchev–Trinajstić information content (AvgIpc) is 2.80. The first-order valence-electron chi connectivity index (χ1n) is 9.72. The van der Waals surface area contributed by atoms with Gasteiger partial charge in [-0.1, -0.05) is 39.7 Å². The van der Waals surface area contributed by atoms with Crippen LogP contribution >= 0.6 is 15.9 Å². The Kier molecular flexibility index (Phi) is 7.93. The average molecular weight is 510 g/mol. The zero-order chi connectivity index (χ0) is 23.8. The van der Waals surface area contributed by atoms with Crippen LogP contribution in [0.4, 0.5) is 5.69 Å². The number of benzene rings is 3. The molecule has 9 heteroatoms. The highest BCUT2D eigenvalue weighted by atomic mass is 79.9. The number of hydrazone groups is 1. The minimum atomic E-state index is -0.970. The minimum Gasteiger partial charge on any atom is -0.497 e. The fourth-order valence-electron chi connectivity index (χ4n) is 2.74. The molecule has 0 aliphatic heterocycles. The quantitative estimate of drug-likeness (QED) is 0.171. The molecule has 0 aliphatic carbocycles. The minimum absolute atomic E-state index is 0.239. The Morgan fingerprint density at radius 3 is 2.52 bits per heavy atom. The van der Waals surface area contributed by atoms with Crippen molar-refractivity contribution >= 4 is 45.6 Å². The van der Waals surface area contributed by atoms with Crippen LogP contribution in [-0.4, -0.2) is 31.1 Å². The van der Waals surface area contributed by atoms with Crippen LogP contribution in [0.2, 0.25) is 0 Å². The molecular formula is C24H20BrN3O5. The fraction of sp³-hybridized carbons (Fsp3) is 0.0833. The van der Waals surface area contributed by atoms with Crippen molar-refractivity contribution in [2.45, 2.75) is 6.92 Å². The number of hydrogen-bond donors (Lipinski definition) is 2. The third kappa shape index (κ3) is 6.75. The van der Waals surface area contributed by atoms with E-state index in [1.54, 1.807) is 60.7 Å². The number of amides is 2. The lowest BCUT2D eigenvalue weighted by molar-refractivity contribution is -0.136. The zero-order valence-corrected chi connectivity index (χ0v) is 19.4. The van der Waals surface area contributed by atoms with Crippen LogP contribution in [-0.2, 0) is 9.59 Å². The number of anilines is 1. The Labute approximate surface area is 198 Å². The van der Waals surface area contributed by atoms with Crippen LogP contribution in [0.25, 0.3) is 0 Å². The van der Waals surface area contributed by atoms with Crippen LogP contribution in [0.5, 0.6) is 11.5 Å². The van der Waals surface area contributed by atoms with Crippen molar-refractivity contribution in [1.82, 2.24) is 5.43 Å². The zero-order valence-electron chi connectivity index (χ0n) is 17.8. The van der Waals surface area contributed by atoms with E-state index in [1.807, 2.05) is 13.0 Å². The Morgan fingerprint density at radius 1 is 0.970 bits per heavy atom. The van der Waals surface area contributed by atoms with E-state index in [-0.39, 0.29) is 5.75 Å². The molecule has 0 bridgehead atoms. The standard InChI is InChI=1S/C24H20BrN3O5/c1-15-5-3-6-16(11-15)24(31)33-21-10-9-18(25)12-17(21)14-26-28-23(30)22(29)27-19-7-4-8-20(13-19)32-2/h3-14H,1-2H3,(H,27,29)(H,28,30). The molecule has 0 aromatic heterocycles. The summed E-state index contributed by atoms with van der Waals surface area (Å²) in [5, 5.41) is 6.26. The number of methoxy groups -OCH3 is 1. The molecule has 168 valence electrons. The summed E-state index contributed by atoms with van der Waals surface area (Å²) < 4.78 is 11.3. The van der Waals surface area contributed by atoms with Gasteiger partial charge in [0.05, 0.1) is 18.9 Å². The molecule has 3 rings (SSSR count). The third-order valence-corrected chi connectivity index (χ3v) is 4.83. The van der Waals surface area contributed by atoms with Gasteiger partial charge in [0, 0.05) is 21.8 Å². The highest BCUT2D eigenvalue weighted by Crippen LogP contribution is 2.23. The SMILES string of the molecule is COc1cccc(NC(=O)C(=O)NN=Cc2cc(Br)ccc2OC(=O)c2cccc(C)c2)c1. The van der Waals surface area contributed by atoms with Crippen LogP contribution in [0.1, 0.15) is 21.5 Å². The molecule has 0 saturated carbocycles. The predicted molar refractivity (Wildman–Crippen MR) is 128 cm³/mol. The highest BCUT2D eigenvalue weighted by Gasteiger charge is 2.14.